The fourth-order valence-corrected chi connectivity index (χ4v) is 2.26. The highest BCUT2D eigenvalue weighted by atomic mass is 127. The number of carbonyl (C=O) groups excluding carboxylic acids is 1. The van der Waals surface area contributed by atoms with Crippen molar-refractivity contribution in [2.75, 3.05) is 5.32 Å². The molecule has 6 heteroatoms. The van der Waals surface area contributed by atoms with Crippen LogP contribution >= 0.6 is 34.8 Å². The van der Waals surface area contributed by atoms with Crippen LogP contribution in [0.15, 0.2) is 36.4 Å². The summed E-state index contributed by atoms with van der Waals surface area (Å²) in [4.78, 5) is 16.5. The smallest absolute Gasteiger partial charge is 0.257 e. The third-order valence-corrected chi connectivity index (χ3v) is 4.22. The molecule has 1 amide bonds. The van der Waals surface area contributed by atoms with Crippen LogP contribution in [-0.2, 0) is 0 Å². The second-order valence-corrected chi connectivity index (χ2v) is 6.06. The van der Waals surface area contributed by atoms with E-state index in [-0.39, 0.29) is 11.0 Å². The van der Waals surface area contributed by atoms with E-state index in [1.165, 1.54) is 0 Å². The molecule has 2 aromatic rings. The number of halogens is 1. The molecule has 0 spiro atoms. The number of anilines is 1. The minimum Gasteiger partial charge on any atom is -0.317 e. The first-order valence-electron chi connectivity index (χ1n) is 6.28. The number of aryl methyl sites for hydroxylation is 2. The lowest BCUT2D eigenvalue weighted by Gasteiger charge is -2.11. The highest BCUT2D eigenvalue weighted by Gasteiger charge is 2.10. The summed E-state index contributed by atoms with van der Waals surface area (Å²) in [6.45, 7) is 3.80. The van der Waals surface area contributed by atoms with Gasteiger partial charge in [-0.1, -0.05) is 18.2 Å². The van der Waals surface area contributed by atoms with Crippen LogP contribution in [0.5, 0.6) is 0 Å². The van der Waals surface area contributed by atoms with Crippen LogP contribution in [-0.4, -0.2) is 16.0 Å². The SMILES string of the molecule is Cc1ccccc1C(=O)NC(=S)Nc1ccc(I)c(C)n1. The lowest BCUT2D eigenvalue weighted by molar-refractivity contribution is 0.0977. The Bertz CT molecular complexity index is 703. The molecule has 0 unspecified atom stereocenters. The fraction of sp³-hybridized carbons (Fsp3) is 0.133. The molecule has 4 nitrogen and oxygen atoms in total. The molecule has 0 aliphatic carbocycles. The Balaban J connectivity index is 2.03. The number of pyridine rings is 1. The summed E-state index contributed by atoms with van der Waals surface area (Å²) in [5.41, 5.74) is 2.42. The van der Waals surface area contributed by atoms with Crippen molar-refractivity contribution in [1.29, 1.82) is 0 Å². The first-order chi connectivity index (χ1) is 9.97. The van der Waals surface area contributed by atoms with Gasteiger partial charge >= 0.3 is 0 Å². The number of nitrogens with zero attached hydrogens (tertiary/aromatic N) is 1. The normalized spacial score (nSPS) is 10.0. The average Bonchev–Trinajstić information content (AvgIpc) is 2.43. The van der Waals surface area contributed by atoms with Crippen molar-refractivity contribution in [3.63, 3.8) is 0 Å². The zero-order chi connectivity index (χ0) is 15.4. The summed E-state index contributed by atoms with van der Waals surface area (Å²) >= 11 is 7.36. The van der Waals surface area contributed by atoms with E-state index < -0.39 is 0 Å². The summed E-state index contributed by atoms with van der Waals surface area (Å²) in [6.07, 6.45) is 0. The van der Waals surface area contributed by atoms with E-state index in [0.717, 1.165) is 14.8 Å². The molecule has 0 fully saturated rings. The Labute approximate surface area is 142 Å². The summed E-state index contributed by atoms with van der Waals surface area (Å²) in [6, 6.07) is 11.1. The minimum absolute atomic E-state index is 0.229. The zero-order valence-corrected chi connectivity index (χ0v) is 14.6. The molecular weight excluding hydrogens is 397 g/mol. The second kappa shape index (κ2) is 6.95. The van der Waals surface area contributed by atoms with Crippen molar-refractivity contribution in [3.8, 4) is 0 Å². The highest BCUT2D eigenvalue weighted by Crippen LogP contribution is 2.12. The molecule has 1 aromatic carbocycles. The van der Waals surface area contributed by atoms with E-state index in [0.29, 0.717) is 11.4 Å². The summed E-state index contributed by atoms with van der Waals surface area (Å²) in [5.74, 6) is 0.385. The zero-order valence-electron chi connectivity index (χ0n) is 11.6. The van der Waals surface area contributed by atoms with Crippen molar-refractivity contribution in [3.05, 3.63) is 56.8 Å². The third kappa shape index (κ3) is 4.21. The molecule has 0 atom stereocenters. The number of nitrogens with one attached hydrogen (secondary N) is 2. The Hall–Kier alpha value is -1.54. The maximum absolute atomic E-state index is 12.1. The van der Waals surface area contributed by atoms with Gasteiger partial charge in [-0.05, 0) is 72.4 Å². The van der Waals surface area contributed by atoms with Gasteiger partial charge in [-0.15, -0.1) is 0 Å². The fourth-order valence-electron chi connectivity index (χ4n) is 1.76. The average molecular weight is 411 g/mol. The standard InChI is InChI=1S/C15H14IN3OS/c1-9-5-3-4-6-11(9)14(20)19-15(21)18-13-8-7-12(16)10(2)17-13/h3-8H,1-2H3,(H2,17,18,19,20,21). The van der Waals surface area contributed by atoms with Gasteiger partial charge in [-0.3, -0.25) is 10.1 Å². The molecule has 0 bridgehead atoms. The number of hydrogen-bond donors (Lipinski definition) is 2. The van der Waals surface area contributed by atoms with Crippen LogP contribution < -0.4 is 10.6 Å². The van der Waals surface area contributed by atoms with Gasteiger partial charge in [0.1, 0.15) is 5.82 Å². The number of thiocarbonyl (C=S) groups is 1. The largest absolute Gasteiger partial charge is 0.317 e. The van der Waals surface area contributed by atoms with E-state index in [1.54, 1.807) is 6.07 Å². The van der Waals surface area contributed by atoms with Crippen LogP contribution in [0.4, 0.5) is 5.82 Å². The molecule has 0 aliphatic rings. The molecule has 0 saturated heterocycles. The lowest BCUT2D eigenvalue weighted by Crippen LogP contribution is -2.34. The van der Waals surface area contributed by atoms with E-state index in [2.05, 4.69) is 38.2 Å². The van der Waals surface area contributed by atoms with Crippen LogP contribution in [0.25, 0.3) is 0 Å². The number of benzene rings is 1. The van der Waals surface area contributed by atoms with E-state index in [4.69, 9.17) is 12.2 Å². The Morgan fingerprint density at radius 1 is 1.19 bits per heavy atom. The van der Waals surface area contributed by atoms with Crippen molar-refractivity contribution >= 4 is 51.6 Å². The van der Waals surface area contributed by atoms with Crippen molar-refractivity contribution in [2.24, 2.45) is 0 Å². The van der Waals surface area contributed by atoms with Gasteiger partial charge in [0.15, 0.2) is 5.11 Å². The number of aromatic nitrogens is 1. The molecule has 0 radical (unpaired) electrons. The number of rotatable bonds is 2. The minimum atomic E-state index is -0.229. The molecular formula is C15H14IN3OS. The highest BCUT2D eigenvalue weighted by molar-refractivity contribution is 14.1. The Morgan fingerprint density at radius 2 is 1.90 bits per heavy atom. The third-order valence-electron chi connectivity index (χ3n) is 2.88. The van der Waals surface area contributed by atoms with Gasteiger partial charge in [0, 0.05) is 9.13 Å². The quantitative estimate of drug-likeness (QED) is 0.588. The van der Waals surface area contributed by atoms with Gasteiger partial charge in [0.05, 0.1) is 5.69 Å². The lowest BCUT2D eigenvalue weighted by atomic mass is 10.1. The summed E-state index contributed by atoms with van der Waals surface area (Å²) < 4.78 is 1.08. The molecule has 0 saturated carbocycles. The maximum atomic E-state index is 12.1. The molecule has 21 heavy (non-hydrogen) atoms. The van der Waals surface area contributed by atoms with Crippen LogP contribution in [0.3, 0.4) is 0 Å². The molecule has 2 rings (SSSR count). The Morgan fingerprint density at radius 3 is 2.57 bits per heavy atom. The van der Waals surface area contributed by atoms with Crippen LogP contribution in [0.2, 0.25) is 0 Å². The van der Waals surface area contributed by atoms with Gasteiger partial charge < -0.3 is 5.32 Å². The molecule has 0 aliphatic heterocycles. The van der Waals surface area contributed by atoms with Gasteiger partial charge in [0.25, 0.3) is 5.91 Å². The number of amides is 1. The predicted molar refractivity (Wildman–Crippen MR) is 96.6 cm³/mol. The van der Waals surface area contributed by atoms with E-state index in [1.807, 2.05) is 44.2 Å². The van der Waals surface area contributed by atoms with Gasteiger partial charge in [0.2, 0.25) is 0 Å². The molecule has 2 N–H and O–H groups in total. The second-order valence-electron chi connectivity index (χ2n) is 4.49. The van der Waals surface area contributed by atoms with Crippen molar-refractivity contribution in [2.45, 2.75) is 13.8 Å². The topological polar surface area (TPSA) is 54.0 Å². The molecule has 1 heterocycles. The summed E-state index contributed by atoms with van der Waals surface area (Å²) in [5, 5.41) is 5.81. The van der Waals surface area contributed by atoms with Crippen LogP contribution in [0, 0.1) is 17.4 Å². The van der Waals surface area contributed by atoms with Crippen molar-refractivity contribution < 1.29 is 4.79 Å². The molecule has 108 valence electrons. The number of carbonyl (C=O) groups is 1. The summed E-state index contributed by atoms with van der Waals surface area (Å²) in [7, 11) is 0. The van der Waals surface area contributed by atoms with Gasteiger partial charge in [-0.25, -0.2) is 4.98 Å². The first-order valence-corrected chi connectivity index (χ1v) is 7.77. The monoisotopic (exact) mass is 411 g/mol. The maximum Gasteiger partial charge on any atom is 0.257 e. The number of hydrogen-bond acceptors (Lipinski definition) is 3. The van der Waals surface area contributed by atoms with Crippen LogP contribution in [0.1, 0.15) is 21.6 Å². The van der Waals surface area contributed by atoms with Crippen molar-refractivity contribution in [1.82, 2.24) is 10.3 Å². The molecule has 1 aromatic heterocycles. The van der Waals surface area contributed by atoms with E-state index in [9.17, 15) is 4.79 Å². The Kier molecular flexibility index (Phi) is 5.24. The van der Waals surface area contributed by atoms with E-state index >= 15 is 0 Å². The predicted octanol–water partition coefficient (Wildman–Crippen LogP) is 3.43. The first kappa shape index (κ1) is 15.8. The van der Waals surface area contributed by atoms with Gasteiger partial charge in [-0.2, -0.15) is 0 Å².